The van der Waals surface area contributed by atoms with Gasteiger partial charge in [-0.25, -0.2) is 4.79 Å². The summed E-state index contributed by atoms with van der Waals surface area (Å²) in [6.45, 7) is -0.267. The van der Waals surface area contributed by atoms with Gasteiger partial charge in [-0.1, -0.05) is 0 Å². The van der Waals surface area contributed by atoms with E-state index < -0.39 is 28.5 Å². The largest absolute Gasteiger partial charge is 0.395 e. The van der Waals surface area contributed by atoms with Gasteiger partial charge in [-0.05, 0) is 6.07 Å². The van der Waals surface area contributed by atoms with E-state index in [4.69, 9.17) is 10.8 Å². The Labute approximate surface area is 113 Å². The molecule has 0 saturated carbocycles. The minimum Gasteiger partial charge on any atom is -0.395 e. The van der Waals surface area contributed by atoms with E-state index in [-0.39, 0.29) is 24.8 Å². The topological polar surface area (TPSA) is 122 Å². The van der Waals surface area contributed by atoms with Crippen LogP contribution in [0.4, 0.5) is 5.82 Å². The van der Waals surface area contributed by atoms with Crippen molar-refractivity contribution < 1.29 is 15.3 Å². The number of halogens is 1. The molecule has 1 fully saturated rings. The molecule has 1 aromatic heterocycles. The number of nitrogens with two attached hydrogens (primary N) is 1. The molecule has 0 unspecified atom stereocenters. The number of nitrogens with zero attached hydrogens (tertiary/aromatic N) is 2. The summed E-state index contributed by atoms with van der Waals surface area (Å²) < 4.78 is 1.20. The van der Waals surface area contributed by atoms with Gasteiger partial charge in [0.05, 0.1) is 18.0 Å². The average Bonchev–Trinajstić information content (AvgIpc) is 2.57. The summed E-state index contributed by atoms with van der Waals surface area (Å²) >= 11 is 1.13. The standard InChI is InChI=1S/C9H13N3O4S.ClH/c10-5-1-2-12(9(16)11-5)8-7(15)6(14)4(3-13)17-8;/h1-2,4,6-8,13-15H,3H2,(H2,10,11,16);1H/t4-,6-,7-,8-;/m1./s1. The van der Waals surface area contributed by atoms with Gasteiger partial charge in [0.2, 0.25) is 0 Å². The lowest BCUT2D eigenvalue weighted by Crippen LogP contribution is -2.36. The van der Waals surface area contributed by atoms with Gasteiger partial charge in [-0.2, -0.15) is 4.98 Å². The van der Waals surface area contributed by atoms with E-state index in [0.717, 1.165) is 11.8 Å². The van der Waals surface area contributed by atoms with E-state index >= 15 is 0 Å². The Kier molecular flexibility index (Phi) is 5.00. The van der Waals surface area contributed by atoms with Crippen LogP contribution in [-0.4, -0.2) is 48.9 Å². The van der Waals surface area contributed by atoms with Gasteiger partial charge in [0.1, 0.15) is 17.3 Å². The third kappa shape index (κ3) is 2.62. The summed E-state index contributed by atoms with van der Waals surface area (Å²) in [6, 6.07) is 1.44. The van der Waals surface area contributed by atoms with Crippen molar-refractivity contribution in [2.75, 3.05) is 12.3 Å². The van der Waals surface area contributed by atoms with Crippen LogP contribution in [-0.2, 0) is 0 Å². The van der Waals surface area contributed by atoms with Crippen LogP contribution in [0.3, 0.4) is 0 Å². The van der Waals surface area contributed by atoms with Gasteiger partial charge >= 0.3 is 5.69 Å². The fourth-order valence-corrected chi connectivity index (χ4v) is 3.11. The molecule has 0 radical (unpaired) electrons. The monoisotopic (exact) mass is 295 g/mol. The first-order chi connectivity index (χ1) is 8.04. The Morgan fingerprint density at radius 3 is 2.61 bits per heavy atom. The molecular weight excluding hydrogens is 282 g/mol. The fraction of sp³-hybridized carbons (Fsp3) is 0.556. The Hall–Kier alpha value is -0.800. The van der Waals surface area contributed by atoms with Gasteiger partial charge in [0, 0.05) is 6.20 Å². The molecule has 2 rings (SSSR count). The van der Waals surface area contributed by atoms with Crippen molar-refractivity contribution in [2.45, 2.75) is 22.8 Å². The maximum atomic E-state index is 11.6. The molecule has 0 bridgehead atoms. The number of aromatic nitrogens is 2. The van der Waals surface area contributed by atoms with E-state index in [1.165, 1.54) is 16.8 Å². The first-order valence-corrected chi connectivity index (χ1v) is 5.96. The van der Waals surface area contributed by atoms with Crippen LogP contribution >= 0.6 is 24.2 Å². The van der Waals surface area contributed by atoms with Gasteiger partial charge in [0.25, 0.3) is 0 Å². The van der Waals surface area contributed by atoms with Gasteiger partial charge in [-0.3, -0.25) is 4.57 Å². The summed E-state index contributed by atoms with van der Waals surface area (Å²) in [6.07, 6.45) is -0.780. The molecule has 0 spiro atoms. The van der Waals surface area contributed by atoms with Crippen LogP contribution in [0.15, 0.2) is 17.1 Å². The molecule has 1 aromatic rings. The molecule has 4 atom stereocenters. The highest BCUT2D eigenvalue weighted by molar-refractivity contribution is 8.00. The fourth-order valence-electron chi connectivity index (χ4n) is 1.73. The molecule has 2 heterocycles. The molecule has 1 saturated heterocycles. The molecule has 0 aromatic carbocycles. The molecule has 102 valence electrons. The van der Waals surface area contributed by atoms with E-state index in [1.54, 1.807) is 0 Å². The number of hydrogen-bond donors (Lipinski definition) is 4. The zero-order valence-corrected chi connectivity index (χ0v) is 10.8. The number of hydrogen-bond acceptors (Lipinski definition) is 7. The summed E-state index contributed by atoms with van der Waals surface area (Å²) in [5.41, 5.74) is 4.77. The van der Waals surface area contributed by atoms with E-state index in [2.05, 4.69) is 4.98 Å². The lowest BCUT2D eigenvalue weighted by Gasteiger charge is -2.17. The molecule has 7 nitrogen and oxygen atoms in total. The molecule has 0 aliphatic carbocycles. The Morgan fingerprint density at radius 2 is 2.11 bits per heavy atom. The molecule has 9 heteroatoms. The Balaban J connectivity index is 0.00000162. The van der Waals surface area contributed by atoms with Crippen molar-refractivity contribution in [3.8, 4) is 0 Å². The Bertz CT molecular complexity index is 471. The molecule has 1 aliphatic rings. The van der Waals surface area contributed by atoms with Crippen molar-refractivity contribution in [1.29, 1.82) is 0 Å². The van der Waals surface area contributed by atoms with Crippen LogP contribution in [0, 0.1) is 0 Å². The SMILES string of the molecule is Cl.Nc1ccn([C@@H]2S[C@H](CO)[C@@H](O)[C@H]2O)c(=O)n1. The Morgan fingerprint density at radius 1 is 1.44 bits per heavy atom. The summed E-state index contributed by atoms with van der Waals surface area (Å²) in [7, 11) is 0. The van der Waals surface area contributed by atoms with Crippen LogP contribution in [0.25, 0.3) is 0 Å². The van der Waals surface area contributed by atoms with E-state index in [1.807, 2.05) is 0 Å². The molecule has 18 heavy (non-hydrogen) atoms. The zero-order chi connectivity index (χ0) is 12.6. The minimum absolute atomic E-state index is 0. The van der Waals surface area contributed by atoms with Crippen molar-refractivity contribution in [2.24, 2.45) is 0 Å². The third-order valence-electron chi connectivity index (χ3n) is 2.64. The van der Waals surface area contributed by atoms with Gasteiger partial charge in [-0.15, -0.1) is 24.2 Å². The highest BCUT2D eigenvalue weighted by Crippen LogP contribution is 2.40. The first-order valence-electron chi connectivity index (χ1n) is 5.01. The molecular formula is C9H14ClN3O4S. The van der Waals surface area contributed by atoms with Crippen LogP contribution in [0.1, 0.15) is 5.37 Å². The number of anilines is 1. The second kappa shape index (κ2) is 5.89. The van der Waals surface area contributed by atoms with Crippen LogP contribution in [0.2, 0.25) is 0 Å². The lowest BCUT2D eigenvalue weighted by atomic mass is 10.1. The number of nitrogen functional groups attached to an aromatic ring is 1. The van der Waals surface area contributed by atoms with Gasteiger partial charge in [0.15, 0.2) is 0 Å². The second-order valence-corrected chi connectivity index (χ2v) is 5.13. The van der Waals surface area contributed by atoms with Crippen molar-refractivity contribution in [3.63, 3.8) is 0 Å². The van der Waals surface area contributed by atoms with Crippen molar-refractivity contribution in [1.82, 2.24) is 9.55 Å². The van der Waals surface area contributed by atoms with Crippen LogP contribution in [0.5, 0.6) is 0 Å². The number of rotatable bonds is 2. The maximum Gasteiger partial charge on any atom is 0.350 e. The molecule has 0 amide bonds. The third-order valence-corrected chi connectivity index (χ3v) is 4.21. The lowest BCUT2D eigenvalue weighted by molar-refractivity contribution is 0.0101. The van der Waals surface area contributed by atoms with E-state index in [9.17, 15) is 15.0 Å². The molecule has 1 aliphatic heterocycles. The molecule has 5 N–H and O–H groups in total. The number of aliphatic hydroxyl groups excluding tert-OH is 3. The summed E-state index contributed by atoms with van der Waals surface area (Å²) in [5.74, 6) is 0.1000. The average molecular weight is 296 g/mol. The van der Waals surface area contributed by atoms with Gasteiger partial charge < -0.3 is 21.1 Å². The number of thioether (sulfide) groups is 1. The van der Waals surface area contributed by atoms with Crippen molar-refractivity contribution in [3.05, 3.63) is 22.7 Å². The number of aliphatic hydroxyl groups is 3. The highest BCUT2D eigenvalue weighted by atomic mass is 35.5. The maximum absolute atomic E-state index is 11.6. The van der Waals surface area contributed by atoms with E-state index in [0.29, 0.717) is 0 Å². The van der Waals surface area contributed by atoms with Crippen molar-refractivity contribution >= 4 is 30.0 Å². The summed E-state index contributed by atoms with van der Waals surface area (Å²) in [5, 5.41) is 27.3. The zero-order valence-electron chi connectivity index (χ0n) is 9.21. The quantitative estimate of drug-likeness (QED) is 0.528. The smallest absolute Gasteiger partial charge is 0.350 e. The highest BCUT2D eigenvalue weighted by Gasteiger charge is 2.43. The second-order valence-electron chi connectivity index (χ2n) is 3.77. The normalized spacial score (nSPS) is 31.1. The predicted octanol–water partition coefficient (Wildman–Crippen LogP) is -1.42. The summed E-state index contributed by atoms with van der Waals surface area (Å²) in [4.78, 5) is 15.1. The predicted molar refractivity (Wildman–Crippen MR) is 69.7 cm³/mol. The minimum atomic E-state index is -1.12. The van der Waals surface area contributed by atoms with Crippen LogP contribution < -0.4 is 11.4 Å². The first kappa shape index (κ1) is 15.3.